The fourth-order valence-electron chi connectivity index (χ4n) is 4.19. The number of piperazine rings is 1. The topological polar surface area (TPSA) is 44.8 Å². The van der Waals surface area contributed by atoms with E-state index < -0.39 is 0 Å². The second kappa shape index (κ2) is 11.4. The van der Waals surface area contributed by atoms with Gasteiger partial charge in [-0.1, -0.05) is 51.5 Å². The lowest BCUT2D eigenvalue weighted by atomic mass is 9.87. The number of para-hydroxylation sites is 2. The largest absolute Gasteiger partial charge is 0.495 e. The van der Waals surface area contributed by atoms with Crippen LogP contribution in [-0.4, -0.2) is 50.6 Å². The first-order valence-corrected chi connectivity index (χ1v) is 11.9. The van der Waals surface area contributed by atoms with Crippen LogP contribution in [0.15, 0.2) is 48.5 Å². The van der Waals surface area contributed by atoms with Crippen LogP contribution in [0.5, 0.6) is 5.75 Å². The Labute approximate surface area is 193 Å². The number of nitrogens with one attached hydrogen (secondary N) is 1. The molecule has 0 radical (unpaired) electrons. The molecule has 0 atom stereocenters. The number of benzene rings is 2. The SMILES string of the molecule is COc1ccccc1N1CCN(CCCCCC(=O)Nc2cccc(C(C)(C)C)c2)CC1. The third kappa shape index (κ3) is 6.99. The van der Waals surface area contributed by atoms with Gasteiger partial charge in [-0.15, -0.1) is 0 Å². The molecule has 1 fully saturated rings. The maximum absolute atomic E-state index is 12.3. The zero-order chi connectivity index (χ0) is 23.0. The molecule has 1 saturated heterocycles. The van der Waals surface area contributed by atoms with Crippen molar-refractivity contribution >= 4 is 17.3 Å². The smallest absolute Gasteiger partial charge is 0.224 e. The third-order valence-corrected chi connectivity index (χ3v) is 6.19. The van der Waals surface area contributed by atoms with Gasteiger partial charge in [0.1, 0.15) is 5.75 Å². The molecule has 5 nitrogen and oxygen atoms in total. The molecule has 2 aromatic carbocycles. The van der Waals surface area contributed by atoms with Crippen molar-refractivity contribution in [1.29, 1.82) is 0 Å². The molecule has 1 aliphatic heterocycles. The lowest BCUT2D eigenvalue weighted by molar-refractivity contribution is -0.116. The molecular weight excluding hydrogens is 398 g/mol. The molecular formula is C27H39N3O2. The highest BCUT2D eigenvalue weighted by molar-refractivity contribution is 5.90. The monoisotopic (exact) mass is 437 g/mol. The maximum atomic E-state index is 12.3. The second-order valence-electron chi connectivity index (χ2n) is 9.69. The minimum absolute atomic E-state index is 0.0827. The summed E-state index contributed by atoms with van der Waals surface area (Å²) in [6.45, 7) is 11.9. The third-order valence-electron chi connectivity index (χ3n) is 6.19. The van der Waals surface area contributed by atoms with E-state index in [-0.39, 0.29) is 11.3 Å². The van der Waals surface area contributed by atoms with E-state index >= 15 is 0 Å². The van der Waals surface area contributed by atoms with Gasteiger partial charge in [0, 0.05) is 38.3 Å². The van der Waals surface area contributed by atoms with Crippen LogP contribution < -0.4 is 15.0 Å². The summed E-state index contributed by atoms with van der Waals surface area (Å²) in [5.74, 6) is 1.06. The Morgan fingerprint density at radius 3 is 2.44 bits per heavy atom. The number of anilines is 2. The first-order chi connectivity index (χ1) is 15.4. The number of rotatable bonds is 9. The number of hydrogen-bond acceptors (Lipinski definition) is 4. The molecule has 1 heterocycles. The van der Waals surface area contributed by atoms with Crippen molar-refractivity contribution in [1.82, 2.24) is 4.90 Å². The Bertz CT molecular complexity index is 867. The van der Waals surface area contributed by atoms with Gasteiger partial charge in [-0.05, 0) is 54.6 Å². The summed E-state index contributed by atoms with van der Waals surface area (Å²) < 4.78 is 5.51. The summed E-state index contributed by atoms with van der Waals surface area (Å²) >= 11 is 0. The Morgan fingerprint density at radius 1 is 0.969 bits per heavy atom. The average Bonchev–Trinajstić information content (AvgIpc) is 2.79. The van der Waals surface area contributed by atoms with E-state index in [0.717, 1.165) is 63.4 Å². The molecule has 174 valence electrons. The first kappa shape index (κ1) is 24.1. The summed E-state index contributed by atoms with van der Waals surface area (Å²) in [7, 11) is 1.73. The highest BCUT2D eigenvalue weighted by atomic mass is 16.5. The van der Waals surface area contributed by atoms with Crippen LogP contribution in [0, 0.1) is 0 Å². The predicted octanol–water partition coefficient (Wildman–Crippen LogP) is 5.31. The molecule has 0 aromatic heterocycles. The Morgan fingerprint density at radius 2 is 1.72 bits per heavy atom. The zero-order valence-corrected chi connectivity index (χ0v) is 20.2. The number of methoxy groups -OCH3 is 1. The summed E-state index contributed by atoms with van der Waals surface area (Å²) in [4.78, 5) is 17.3. The summed E-state index contributed by atoms with van der Waals surface area (Å²) in [6.07, 6.45) is 3.75. The highest BCUT2D eigenvalue weighted by Gasteiger charge is 2.19. The van der Waals surface area contributed by atoms with Crippen LogP contribution in [0.3, 0.4) is 0 Å². The minimum Gasteiger partial charge on any atom is -0.495 e. The van der Waals surface area contributed by atoms with E-state index in [2.05, 4.69) is 60.2 Å². The van der Waals surface area contributed by atoms with Gasteiger partial charge in [-0.3, -0.25) is 9.69 Å². The van der Waals surface area contributed by atoms with Gasteiger partial charge in [-0.2, -0.15) is 0 Å². The van der Waals surface area contributed by atoms with Crippen molar-refractivity contribution in [3.05, 3.63) is 54.1 Å². The van der Waals surface area contributed by atoms with E-state index in [1.54, 1.807) is 7.11 Å². The Hall–Kier alpha value is -2.53. The lowest BCUT2D eigenvalue weighted by Crippen LogP contribution is -2.46. The van der Waals surface area contributed by atoms with Gasteiger partial charge in [0.25, 0.3) is 0 Å². The fourth-order valence-corrected chi connectivity index (χ4v) is 4.19. The van der Waals surface area contributed by atoms with E-state index in [1.165, 1.54) is 11.3 Å². The van der Waals surface area contributed by atoms with Crippen LogP contribution in [-0.2, 0) is 10.2 Å². The van der Waals surface area contributed by atoms with Crippen molar-refractivity contribution in [3.8, 4) is 5.75 Å². The van der Waals surface area contributed by atoms with Crippen LogP contribution >= 0.6 is 0 Å². The van der Waals surface area contributed by atoms with Gasteiger partial charge in [0.15, 0.2) is 0 Å². The number of unbranched alkanes of at least 4 members (excludes halogenated alkanes) is 2. The fraction of sp³-hybridized carbons (Fsp3) is 0.519. The van der Waals surface area contributed by atoms with Crippen LogP contribution in [0.2, 0.25) is 0 Å². The number of ether oxygens (including phenoxy) is 1. The quantitative estimate of drug-likeness (QED) is 0.540. The van der Waals surface area contributed by atoms with Crippen molar-refractivity contribution < 1.29 is 9.53 Å². The minimum atomic E-state index is 0.0827. The number of carbonyl (C=O) groups is 1. The average molecular weight is 438 g/mol. The normalized spacial score (nSPS) is 14.9. The molecule has 3 rings (SSSR count). The van der Waals surface area contributed by atoms with Gasteiger partial charge in [0.05, 0.1) is 12.8 Å². The van der Waals surface area contributed by atoms with Crippen LogP contribution in [0.4, 0.5) is 11.4 Å². The van der Waals surface area contributed by atoms with Gasteiger partial charge in [0.2, 0.25) is 5.91 Å². The lowest BCUT2D eigenvalue weighted by Gasteiger charge is -2.36. The highest BCUT2D eigenvalue weighted by Crippen LogP contribution is 2.28. The van der Waals surface area contributed by atoms with Gasteiger partial charge in [-0.25, -0.2) is 0 Å². The molecule has 0 aliphatic carbocycles. The van der Waals surface area contributed by atoms with Crippen LogP contribution in [0.25, 0.3) is 0 Å². The van der Waals surface area contributed by atoms with E-state index in [9.17, 15) is 4.79 Å². The van der Waals surface area contributed by atoms with Gasteiger partial charge >= 0.3 is 0 Å². The van der Waals surface area contributed by atoms with E-state index in [4.69, 9.17) is 4.74 Å². The zero-order valence-electron chi connectivity index (χ0n) is 20.2. The molecule has 1 amide bonds. The van der Waals surface area contributed by atoms with Crippen molar-refractivity contribution in [2.75, 3.05) is 50.1 Å². The molecule has 0 spiro atoms. The number of carbonyl (C=O) groups excluding carboxylic acids is 1. The standard InChI is InChI=1S/C27H39N3O2/c1-27(2,3)22-11-10-12-23(21-22)28-26(31)15-6-5-9-16-29-17-19-30(20-18-29)24-13-7-8-14-25(24)32-4/h7-8,10-14,21H,5-6,9,15-20H2,1-4H3,(H,28,31). The number of amides is 1. The Kier molecular flexibility index (Phi) is 8.57. The molecule has 0 unspecified atom stereocenters. The van der Waals surface area contributed by atoms with Crippen molar-refractivity contribution in [2.45, 2.75) is 51.9 Å². The Balaban J connectivity index is 1.31. The molecule has 0 saturated carbocycles. The van der Waals surface area contributed by atoms with Crippen molar-refractivity contribution in [3.63, 3.8) is 0 Å². The molecule has 32 heavy (non-hydrogen) atoms. The predicted molar refractivity (Wildman–Crippen MR) is 134 cm³/mol. The van der Waals surface area contributed by atoms with Crippen molar-refractivity contribution in [2.24, 2.45) is 0 Å². The summed E-state index contributed by atoms with van der Waals surface area (Å²) in [5, 5.41) is 3.06. The van der Waals surface area contributed by atoms with Crippen LogP contribution in [0.1, 0.15) is 52.0 Å². The molecule has 2 aromatic rings. The number of hydrogen-bond donors (Lipinski definition) is 1. The second-order valence-corrected chi connectivity index (χ2v) is 9.69. The number of nitrogens with zero attached hydrogens (tertiary/aromatic N) is 2. The first-order valence-electron chi connectivity index (χ1n) is 11.9. The maximum Gasteiger partial charge on any atom is 0.224 e. The summed E-state index contributed by atoms with van der Waals surface area (Å²) in [5.41, 5.74) is 3.41. The molecule has 1 N–H and O–H groups in total. The van der Waals surface area contributed by atoms with E-state index in [1.807, 2.05) is 24.3 Å². The van der Waals surface area contributed by atoms with E-state index in [0.29, 0.717) is 6.42 Å². The molecule has 5 heteroatoms. The summed E-state index contributed by atoms with van der Waals surface area (Å²) in [6, 6.07) is 16.4. The molecule has 0 bridgehead atoms. The van der Waals surface area contributed by atoms with Gasteiger partial charge < -0.3 is 15.0 Å². The molecule has 1 aliphatic rings.